The first-order valence-corrected chi connectivity index (χ1v) is 7.09. The van der Waals surface area contributed by atoms with E-state index >= 15 is 0 Å². The van der Waals surface area contributed by atoms with Gasteiger partial charge < -0.3 is 14.8 Å². The highest BCUT2D eigenvalue weighted by Crippen LogP contribution is 2.54. The normalized spacial score (nSPS) is 31.1. The number of esters is 1. The first kappa shape index (κ1) is 13.8. The lowest BCUT2D eigenvalue weighted by molar-refractivity contribution is -0.150. The van der Waals surface area contributed by atoms with Gasteiger partial charge in [0.05, 0.1) is 13.2 Å². The van der Waals surface area contributed by atoms with Gasteiger partial charge >= 0.3 is 5.97 Å². The second-order valence-electron chi connectivity index (χ2n) is 5.58. The summed E-state index contributed by atoms with van der Waals surface area (Å²) < 4.78 is 10.6. The molecule has 2 aliphatic rings. The second-order valence-corrected chi connectivity index (χ2v) is 5.58. The van der Waals surface area contributed by atoms with Crippen molar-refractivity contribution < 1.29 is 14.3 Å². The van der Waals surface area contributed by atoms with Gasteiger partial charge in [0.1, 0.15) is 6.04 Å². The van der Waals surface area contributed by atoms with Crippen LogP contribution in [0.5, 0.6) is 0 Å². The predicted molar refractivity (Wildman–Crippen MR) is 69.3 cm³/mol. The van der Waals surface area contributed by atoms with E-state index in [1.165, 1.54) is 32.8 Å². The van der Waals surface area contributed by atoms with Crippen LogP contribution in [-0.2, 0) is 14.3 Å². The summed E-state index contributed by atoms with van der Waals surface area (Å²) in [5.41, 5.74) is 0.276. The van der Waals surface area contributed by atoms with Crippen LogP contribution in [0.1, 0.15) is 46.0 Å². The van der Waals surface area contributed by atoms with Crippen LogP contribution in [-0.4, -0.2) is 37.9 Å². The van der Waals surface area contributed by atoms with Gasteiger partial charge in [0.15, 0.2) is 0 Å². The summed E-state index contributed by atoms with van der Waals surface area (Å²) in [6, 6.07) is 0.186. The molecule has 2 fully saturated rings. The van der Waals surface area contributed by atoms with Gasteiger partial charge in [-0.1, -0.05) is 12.8 Å². The molecule has 0 radical (unpaired) electrons. The topological polar surface area (TPSA) is 47.6 Å². The molecule has 2 saturated carbocycles. The van der Waals surface area contributed by atoms with E-state index < -0.39 is 0 Å². The molecule has 1 spiro atoms. The van der Waals surface area contributed by atoms with Gasteiger partial charge in [-0.25, -0.2) is 0 Å². The van der Waals surface area contributed by atoms with Crippen LogP contribution in [0, 0.1) is 5.41 Å². The van der Waals surface area contributed by atoms with Crippen LogP contribution in [0.15, 0.2) is 0 Å². The minimum absolute atomic E-state index is 0.178. The van der Waals surface area contributed by atoms with Crippen molar-refractivity contribution in [3.63, 3.8) is 0 Å². The Morgan fingerprint density at radius 1 is 1.44 bits per heavy atom. The fraction of sp³-hybridized carbons (Fsp3) is 0.929. The molecule has 4 nitrogen and oxygen atoms in total. The van der Waals surface area contributed by atoms with Crippen molar-refractivity contribution in [3.8, 4) is 0 Å². The third kappa shape index (κ3) is 2.28. The Balaban J connectivity index is 1.96. The van der Waals surface area contributed by atoms with Gasteiger partial charge in [-0.15, -0.1) is 0 Å². The van der Waals surface area contributed by atoms with E-state index in [-0.39, 0.29) is 17.4 Å². The first-order valence-electron chi connectivity index (χ1n) is 7.09. The monoisotopic (exact) mass is 255 g/mol. The zero-order valence-corrected chi connectivity index (χ0v) is 11.7. The molecule has 1 N–H and O–H groups in total. The molecule has 2 rings (SSSR count). The SMILES string of the molecule is CCOC1CC(N[C@@H](C)C(=O)OC)C12CCCC2. The third-order valence-corrected chi connectivity index (χ3v) is 4.69. The van der Waals surface area contributed by atoms with Crippen molar-refractivity contribution in [1.82, 2.24) is 5.32 Å². The van der Waals surface area contributed by atoms with E-state index in [4.69, 9.17) is 9.47 Å². The van der Waals surface area contributed by atoms with E-state index in [0.717, 1.165) is 13.0 Å². The molecule has 4 heteroatoms. The fourth-order valence-electron chi connectivity index (χ4n) is 3.67. The minimum atomic E-state index is -0.222. The molecule has 3 atom stereocenters. The molecule has 0 amide bonds. The van der Waals surface area contributed by atoms with Gasteiger partial charge in [0.2, 0.25) is 0 Å². The Morgan fingerprint density at radius 2 is 2.11 bits per heavy atom. The number of nitrogens with one attached hydrogen (secondary N) is 1. The van der Waals surface area contributed by atoms with Gasteiger partial charge in [-0.3, -0.25) is 4.79 Å². The van der Waals surface area contributed by atoms with E-state index in [1.807, 2.05) is 6.92 Å². The number of hydrogen-bond donors (Lipinski definition) is 1. The molecule has 2 aliphatic carbocycles. The Labute approximate surface area is 109 Å². The lowest BCUT2D eigenvalue weighted by atomic mass is 9.60. The molecule has 0 aromatic carbocycles. The predicted octanol–water partition coefficient (Wildman–Crippen LogP) is 1.88. The molecule has 0 heterocycles. The first-order chi connectivity index (χ1) is 8.64. The van der Waals surface area contributed by atoms with Crippen molar-refractivity contribution in [1.29, 1.82) is 0 Å². The van der Waals surface area contributed by atoms with Crippen molar-refractivity contribution in [3.05, 3.63) is 0 Å². The summed E-state index contributed by atoms with van der Waals surface area (Å²) >= 11 is 0. The average molecular weight is 255 g/mol. The average Bonchev–Trinajstić information content (AvgIpc) is 2.88. The van der Waals surface area contributed by atoms with E-state index in [9.17, 15) is 4.79 Å². The maximum atomic E-state index is 11.5. The zero-order valence-electron chi connectivity index (χ0n) is 11.7. The summed E-state index contributed by atoms with van der Waals surface area (Å²) in [7, 11) is 1.44. The molecule has 0 aliphatic heterocycles. The van der Waals surface area contributed by atoms with Crippen LogP contribution < -0.4 is 5.32 Å². The Hall–Kier alpha value is -0.610. The molecule has 0 saturated heterocycles. The summed E-state index contributed by atoms with van der Waals surface area (Å²) in [4.78, 5) is 11.5. The highest BCUT2D eigenvalue weighted by molar-refractivity contribution is 5.75. The maximum absolute atomic E-state index is 11.5. The Kier molecular flexibility index (Phi) is 4.28. The smallest absolute Gasteiger partial charge is 0.322 e. The van der Waals surface area contributed by atoms with Crippen LogP contribution in [0.25, 0.3) is 0 Å². The van der Waals surface area contributed by atoms with E-state index in [1.54, 1.807) is 0 Å². The number of carbonyl (C=O) groups excluding carboxylic acids is 1. The molecule has 2 unspecified atom stereocenters. The standard InChI is InChI=1S/C14H25NO3/c1-4-18-12-9-11(14(12)7-5-6-8-14)15-10(2)13(16)17-3/h10-12,15H,4-9H2,1-3H3/t10-,11?,12?/m0/s1. The highest BCUT2D eigenvalue weighted by atomic mass is 16.5. The molecular weight excluding hydrogens is 230 g/mol. The molecule has 0 aromatic rings. The summed E-state index contributed by atoms with van der Waals surface area (Å²) in [6.45, 7) is 4.72. The number of hydrogen-bond acceptors (Lipinski definition) is 4. The summed E-state index contributed by atoms with van der Waals surface area (Å²) in [6.07, 6.45) is 6.43. The lowest BCUT2D eigenvalue weighted by Crippen LogP contribution is -2.64. The molecular formula is C14H25NO3. The highest BCUT2D eigenvalue weighted by Gasteiger charge is 2.56. The Morgan fingerprint density at radius 3 is 2.67 bits per heavy atom. The van der Waals surface area contributed by atoms with Crippen molar-refractivity contribution in [2.75, 3.05) is 13.7 Å². The van der Waals surface area contributed by atoms with Crippen molar-refractivity contribution >= 4 is 5.97 Å². The van der Waals surface area contributed by atoms with Crippen LogP contribution in [0.2, 0.25) is 0 Å². The number of ether oxygens (including phenoxy) is 2. The number of rotatable bonds is 5. The zero-order chi connectivity index (χ0) is 13.2. The Bertz CT molecular complexity index is 299. The molecule has 104 valence electrons. The van der Waals surface area contributed by atoms with Crippen LogP contribution in [0.3, 0.4) is 0 Å². The quantitative estimate of drug-likeness (QED) is 0.762. The van der Waals surface area contributed by atoms with E-state index in [2.05, 4.69) is 12.2 Å². The fourth-order valence-corrected chi connectivity index (χ4v) is 3.67. The summed E-state index contributed by atoms with van der Waals surface area (Å²) in [5.74, 6) is -0.178. The van der Waals surface area contributed by atoms with Crippen LogP contribution in [0.4, 0.5) is 0 Å². The number of methoxy groups -OCH3 is 1. The second kappa shape index (κ2) is 5.57. The van der Waals surface area contributed by atoms with E-state index in [0.29, 0.717) is 12.1 Å². The van der Waals surface area contributed by atoms with Gasteiger partial charge in [0, 0.05) is 18.1 Å². The van der Waals surface area contributed by atoms with Gasteiger partial charge in [-0.05, 0) is 33.1 Å². The minimum Gasteiger partial charge on any atom is -0.468 e. The van der Waals surface area contributed by atoms with Gasteiger partial charge in [0.25, 0.3) is 0 Å². The van der Waals surface area contributed by atoms with Gasteiger partial charge in [-0.2, -0.15) is 0 Å². The van der Waals surface area contributed by atoms with Crippen molar-refractivity contribution in [2.24, 2.45) is 5.41 Å². The summed E-state index contributed by atoms with van der Waals surface area (Å²) in [5, 5.41) is 3.43. The molecule has 18 heavy (non-hydrogen) atoms. The van der Waals surface area contributed by atoms with Crippen LogP contribution >= 0.6 is 0 Å². The van der Waals surface area contributed by atoms with Crippen molar-refractivity contribution in [2.45, 2.75) is 64.1 Å². The molecule has 0 aromatic heterocycles. The largest absolute Gasteiger partial charge is 0.468 e. The molecule has 0 bridgehead atoms. The number of carbonyl (C=O) groups is 1. The third-order valence-electron chi connectivity index (χ3n) is 4.69. The lowest BCUT2D eigenvalue weighted by Gasteiger charge is -2.54. The maximum Gasteiger partial charge on any atom is 0.322 e.